The van der Waals surface area contributed by atoms with Gasteiger partial charge < -0.3 is 0 Å². The molecule has 0 aromatic heterocycles. The lowest BCUT2D eigenvalue weighted by molar-refractivity contribution is 1.47. The van der Waals surface area contributed by atoms with E-state index in [1.165, 1.54) is 5.56 Å². The minimum absolute atomic E-state index is 0.686. The lowest BCUT2D eigenvalue weighted by Gasteiger charge is -2.07. The molecule has 90 valence electrons. The average molecular weight is 267 g/mol. The van der Waals surface area contributed by atoms with Crippen molar-refractivity contribution in [2.24, 2.45) is 0 Å². The molecule has 0 radical (unpaired) electrons. The molecule has 2 aromatic rings. The van der Waals surface area contributed by atoms with Crippen molar-refractivity contribution in [2.75, 3.05) is 0 Å². The SMILES string of the molecule is CC.Cc1ccc(-c2c(Cl)cccc2Cl)cc1. The Morgan fingerprint density at radius 3 is 1.71 bits per heavy atom. The zero-order valence-corrected chi connectivity index (χ0v) is 11.8. The Bertz CT molecular complexity index is 453. The van der Waals surface area contributed by atoms with Crippen LogP contribution in [0.2, 0.25) is 10.0 Å². The number of rotatable bonds is 1. The lowest BCUT2D eigenvalue weighted by Crippen LogP contribution is -1.81. The van der Waals surface area contributed by atoms with E-state index in [9.17, 15) is 0 Å². The van der Waals surface area contributed by atoms with Crippen LogP contribution < -0.4 is 0 Å². The summed E-state index contributed by atoms with van der Waals surface area (Å²) < 4.78 is 0. The second-order valence-electron chi connectivity index (χ2n) is 3.46. The smallest absolute Gasteiger partial charge is 0.0499 e. The summed E-state index contributed by atoms with van der Waals surface area (Å²) in [6, 6.07) is 13.7. The van der Waals surface area contributed by atoms with Gasteiger partial charge in [0.25, 0.3) is 0 Å². The van der Waals surface area contributed by atoms with E-state index in [2.05, 4.69) is 19.1 Å². The molecule has 0 spiro atoms. The molecule has 0 heterocycles. The average Bonchev–Trinajstić information content (AvgIpc) is 2.34. The van der Waals surface area contributed by atoms with Crippen molar-refractivity contribution in [3.8, 4) is 11.1 Å². The Morgan fingerprint density at radius 2 is 1.24 bits per heavy atom. The predicted molar refractivity (Wildman–Crippen MR) is 78.0 cm³/mol. The van der Waals surface area contributed by atoms with E-state index in [1.807, 2.05) is 44.2 Å². The van der Waals surface area contributed by atoms with Crippen molar-refractivity contribution in [2.45, 2.75) is 20.8 Å². The van der Waals surface area contributed by atoms with Crippen molar-refractivity contribution < 1.29 is 0 Å². The van der Waals surface area contributed by atoms with Crippen molar-refractivity contribution in [3.63, 3.8) is 0 Å². The zero-order chi connectivity index (χ0) is 12.8. The van der Waals surface area contributed by atoms with Crippen LogP contribution in [0.15, 0.2) is 42.5 Å². The van der Waals surface area contributed by atoms with E-state index in [0.29, 0.717) is 10.0 Å². The van der Waals surface area contributed by atoms with Crippen molar-refractivity contribution in [1.29, 1.82) is 0 Å². The Morgan fingerprint density at radius 1 is 0.765 bits per heavy atom. The summed E-state index contributed by atoms with van der Waals surface area (Å²) in [5.74, 6) is 0. The van der Waals surface area contributed by atoms with E-state index in [0.717, 1.165) is 11.1 Å². The van der Waals surface area contributed by atoms with E-state index in [-0.39, 0.29) is 0 Å². The first-order valence-corrected chi connectivity index (χ1v) is 6.45. The Balaban J connectivity index is 0.000000686. The van der Waals surface area contributed by atoms with Gasteiger partial charge in [-0.15, -0.1) is 0 Å². The highest BCUT2D eigenvalue weighted by molar-refractivity contribution is 6.39. The number of aryl methyl sites for hydroxylation is 1. The van der Waals surface area contributed by atoms with Gasteiger partial charge in [-0.1, -0.05) is 72.9 Å². The summed E-state index contributed by atoms with van der Waals surface area (Å²) in [5.41, 5.74) is 3.18. The second-order valence-corrected chi connectivity index (χ2v) is 4.28. The van der Waals surface area contributed by atoms with Crippen molar-refractivity contribution in [1.82, 2.24) is 0 Å². The van der Waals surface area contributed by atoms with E-state index in [4.69, 9.17) is 23.2 Å². The highest BCUT2D eigenvalue weighted by atomic mass is 35.5. The van der Waals surface area contributed by atoms with Crippen LogP contribution in [0.1, 0.15) is 19.4 Å². The molecular weight excluding hydrogens is 251 g/mol. The summed E-state index contributed by atoms with van der Waals surface area (Å²) in [7, 11) is 0. The molecule has 0 nitrogen and oxygen atoms in total. The third-order valence-electron chi connectivity index (χ3n) is 2.30. The molecule has 0 fully saturated rings. The fraction of sp³-hybridized carbons (Fsp3) is 0.200. The second kappa shape index (κ2) is 6.68. The molecule has 0 bridgehead atoms. The van der Waals surface area contributed by atoms with Gasteiger partial charge in [0.1, 0.15) is 0 Å². The molecule has 2 heteroatoms. The van der Waals surface area contributed by atoms with Crippen LogP contribution in [-0.2, 0) is 0 Å². The molecule has 0 N–H and O–H groups in total. The van der Waals surface area contributed by atoms with E-state index < -0.39 is 0 Å². The topological polar surface area (TPSA) is 0 Å². The fourth-order valence-electron chi connectivity index (χ4n) is 1.49. The summed E-state index contributed by atoms with van der Waals surface area (Å²) in [4.78, 5) is 0. The third-order valence-corrected chi connectivity index (χ3v) is 2.93. The first-order chi connectivity index (χ1) is 8.18. The maximum Gasteiger partial charge on any atom is 0.0499 e. The summed E-state index contributed by atoms with van der Waals surface area (Å²) >= 11 is 12.2. The van der Waals surface area contributed by atoms with Gasteiger partial charge >= 0.3 is 0 Å². The predicted octanol–water partition coefficient (Wildman–Crippen LogP) is 6.00. The van der Waals surface area contributed by atoms with Crippen LogP contribution in [0.3, 0.4) is 0 Å². The highest BCUT2D eigenvalue weighted by Crippen LogP contribution is 2.34. The summed E-state index contributed by atoms with van der Waals surface area (Å²) in [6.07, 6.45) is 0. The number of hydrogen-bond acceptors (Lipinski definition) is 0. The maximum absolute atomic E-state index is 6.12. The monoisotopic (exact) mass is 266 g/mol. The van der Waals surface area contributed by atoms with Gasteiger partial charge in [-0.2, -0.15) is 0 Å². The Labute approximate surface area is 113 Å². The molecule has 2 aromatic carbocycles. The van der Waals surface area contributed by atoms with Gasteiger partial charge in [0.05, 0.1) is 0 Å². The van der Waals surface area contributed by atoms with E-state index >= 15 is 0 Å². The standard InChI is InChI=1S/C13H10Cl2.C2H6/c1-9-5-7-10(8-6-9)13-11(14)3-2-4-12(13)15;1-2/h2-8H,1H3;1-2H3. The molecule has 17 heavy (non-hydrogen) atoms. The fourth-order valence-corrected chi connectivity index (χ4v) is 2.11. The minimum atomic E-state index is 0.686. The molecule has 0 aliphatic heterocycles. The maximum atomic E-state index is 6.12. The van der Waals surface area contributed by atoms with Gasteiger partial charge in [0, 0.05) is 15.6 Å². The van der Waals surface area contributed by atoms with Gasteiger partial charge in [0.15, 0.2) is 0 Å². The minimum Gasteiger partial charge on any atom is -0.0836 e. The Hall–Kier alpha value is -0.980. The number of halogens is 2. The lowest BCUT2D eigenvalue weighted by atomic mass is 10.0. The molecule has 0 aliphatic carbocycles. The highest BCUT2D eigenvalue weighted by Gasteiger charge is 2.06. The molecule has 0 unspecified atom stereocenters. The van der Waals surface area contributed by atoms with Gasteiger partial charge in [-0.3, -0.25) is 0 Å². The molecule has 0 atom stereocenters. The van der Waals surface area contributed by atoms with Crippen LogP contribution in [0, 0.1) is 6.92 Å². The quantitative estimate of drug-likeness (QED) is 0.594. The first-order valence-electron chi connectivity index (χ1n) is 5.69. The molecule has 0 saturated heterocycles. The molecule has 0 amide bonds. The van der Waals surface area contributed by atoms with Crippen molar-refractivity contribution >= 4 is 23.2 Å². The van der Waals surface area contributed by atoms with Crippen LogP contribution in [0.25, 0.3) is 11.1 Å². The third kappa shape index (κ3) is 3.49. The molecule has 0 aliphatic rings. The Kier molecular flexibility index (Phi) is 5.54. The first kappa shape index (κ1) is 14.1. The summed E-state index contributed by atoms with van der Waals surface area (Å²) in [6.45, 7) is 6.05. The van der Waals surface area contributed by atoms with Crippen molar-refractivity contribution in [3.05, 3.63) is 58.1 Å². The van der Waals surface area contributed by atoms with Crippen LogP contribution in [0.5, 0.6) is 0 Å². The summed E-state index contributed by atoms with van der Waals surface area (Å²) in [5, 5.41) is 1.37. The molecule has 0 saturated carbocycles. The normalized spacial score (nSPS) is 9.47. The zero-order valence-electron chi connectivity index (χ0n) is 10.3. The number of hydrogen-bond donors (Lipinski definition) is 0. The largest absolute Gasteiger partial charge is 0.0836 e. The van der Waals surface area contributed by atoms with Crippen LogP contribution in [-0.4, -0.2) is 0 Å². The molecular formula is C15H16Cl2. The van der Waals surface area contributed by atoms with E-state index in [1.54, 1.807) is 0 Å². The number of benzene rings is 2. The van der Waals surface area contributed by atoms with Crippen LogP contribution in [0.4, 0.5) is 0 Å². The van der Waals surface area contributed by atoms with Gasteiger partial charge in [-0.05, 0) is 24.6 Å². The van der Waals surface area contributed by atoms with Gasteiger partial charge in [0.2, 0.25) is 0 Å². The van der Waals surface area contributed by atoms with Gasteiger partial charge in [-0.25, -0.2) is 0 Å². The molecule has 2 rings (SSSR count). The van der Waals surface area contributed by atoms with Crippen LogP contribution >= 0.6 is 23.2 Å².